The fraction of sp³-hybridized carbons (Fsp3) is 0.923. The largest absolute Gasteiger partial charge is 0.396 e. The maximum absolute atomic E-state index is 11.9. The van der Waals surface area contributed by atoms with Crippen molar-refractivity contribution in [3.8, 4) is 0 Å². The monoisotopic (exact) mass is 242 g/mol. The second-order valence-corrected chi connectivity index (χ2v) is 5.93. The van der Waals surface area contributed by atoms with Crippen LogP contribution in [0.1, 0.15) is 46.5 Å². The highest BCUT2D eigenvalue weighted by molar-refractivity contribution is 5.78. The van der Waals surface area contributed by atoms with Crippen LogP contribution in [0.2, 0.25) is 0 Å². The second-order valence-electron chi connectivity index (χ2n) is 5.93. The van der Waals surface area contributed by atoms with Gasteiger partial charge in [-0.3, -0.25) is 9.69 Å². The lowest BCUT2D eigenvalue weighted by Gasteiger charge is -2.35. The third kappa shape index (κ3) is 5.50. The van der Waals surface area contributed by atoms with Crippen molar-refractivity contribution in [3.63, 3.8) is 0 Å². The molecule has 2 N–H and O–H groups in total. The molecule has 1 fully saturated rings. The van der Waals surface area contributed by atoms with E-state index in [1.165, 1.54) is 6.42 Å². The van der Waals surface area contributed by atoms with Crippen molar-refractivity contribution in [2.24, 2.45) is 0 Å². The zero-order valence-corrected chi connectivity index (χ0v) is 11.3. The summed E-state index contributed by atoms with van der Waals surface area (Å²) in [6.07, 6.45) is 4.25. The zero-order chi connectivity index (χ0) is 12.9. The van der Waals surface area contributed by atoms with Gasteiger partial charge in [0, 0.05) is 18.2 Å². The predicted octanol–water partition coefficient (Wildman–Crippen LogP) is 1.14. The molecule has 0 aromatic rings. The van der Waals surface area contributed by atoms with Crippen molar-refractivity contribution >= 4 is 5.91 Å². The summed E-state index contributed by atoms with van der Waals surface area (Å²) in [4.78, 5) is 14.1. The van der Waals surface area contributed by atoms with Gasteiger partial charge in [-0.1, -0.05) is 6.42 Å². The van der Waals surface area contributed by atoms with Crippen LogP contribution < -0.4 is 5.32 Å². The molecule has 0 spiro atoms. The maximum atomic E-state index is 11.9. The Kier molecular flexibility index (Phi) is 5.40. The number of aliphatic hydroxyl groups excluding tert-OH is 1. The molecule has 0 aromatic heterocycles. The minimum Gasteiger partial charge on any atom is -0.396 e. The first-order chi connectivity index (χ1) is 7.92. The summed E-state index contributed by atoms with van der Waals surface area (Å²) in [5, 5.41) is 12.0. The van der Waals surface area contributed by atoms with E-state index in [0.29, 0.717) is 12.6 Å². The molecule has 4 nitrogen and oxygen atoms in total. The summed E-state index contributed by atoms with van der Waals surface area (Å²) >= 11 is 0. The number of likely N-dealkylation sites (tertiary alicyclic amines) is 1. The molecule has 100 valence electrons. The highest BCUT2D eigenvalue weighted by atomic mass is 16.3. The molecule has 1 saturated heterocycles. The van der Waals surface area contributed by atoms with E-state index >= 15 is 0 Å². The van der Waals surface area contributed by atoms with E-state index < -0.39 is 0 Å². The van der Waals surface area contributed by atoms with Crippen molar-refractivity contribution in [2.75, 3.05) is 19.7 Å². The minimum atomic E-state index is -0.167. The van der Waals surface area contributed by atoms with Crippen molar-refractivity contribution < 1.29 is 9.90 Å². The number of piperidine rings is 1. The lowest BCUT2D eigenvalue weighted by atomic mass is 9.99. The Balaban J connectivity index is 2.44. The highest BCUT2D eigenvalue weighted by Gasteiger charge is 2.24. The van der Waals surface area contributed by atoms with Crippen LogP contribution in [0.25, 0.3) is 0 Å². The molecule has 1 heterocycles. The first kappa shape index (κ1) is 14.5. The first-order valence-electron chi connectivity index (χ1n) is 6.58. The molecular formula is C13H26N2O2. The Morgan fingerprint density at radius 3 is 2.71 bits per heavy atom. The van der Waals surface area contributed by atoms with Crippen LogP contribution in [0.5, 0.6) is 0 Å². The summed E-state index contributed by atoms with van der Waals surface area (Å²) in [6, 6.07) is 0.375. The quantitative estimate of drug-likeness (QED) is 0.777. The van der Waals surface area contributed by atoms with E-state index in [9.17, 15) is 4.79 Å². The van der Waals surface area contributed by atoms with Crippen LogP contribution in [0.15, 0.2) is 0 Å². The number of hydrogen-bond acceptors (Lipinski definition) is 3. The molecule has 0 radical (unpaired) electrons. The van der Waals surface area contributed by atoms with E-state index in [1.807, 2.05) is 20.8 Å². The first-order valence-corrected chi connectivity index (χ1v) is 6.58. The Morgan fingerprint density at radius 1 is 1.41 bits per heavy atom. The average molecular weight is 242 g/mol. The van der Waals surface area contributed by atoms with Gasteiger partial charge in [0.05, 0.1) is 6.54 Å². The van der Waals surface area contributed by atoms with Crippen LogP contribution in [0.3, 0.4) is 0 Å². The molecule has 1 aliphatic rings. The molecule has 0 aliphatic carbocycles. The molecule has 4 heteroatoms. The van der Waals surface area contributed by atoms with Crippen molar-refractivity contribution in [1.82, 2.24) is 10.2 Å². The van der Waals surface area contributed by atoms with E-state index in [0.717, 1.165) is 25.8 Å². The maximum Gasteiger partial charge on any atom is 0.234 e. The van der Waals surface area contributed by atoms with Gasteiger partial charge >= 0.3 is 0 Å². The van der Waals surface area contributed by atoms with Gasteiger partial charge in [0.25, 0.3) is 0 Å². The molecule has 1 amide bonds. The van der Waals surface area contributed by atoms with Gasteiger partial charge in [0.15, 0.2) is 0 Å². The molecule has 1 atom stereocenters. The second kappa shape index (κ2) is 6.36. The van der Waals surface area contributed by atoms with Gasteiger partial charge in [-0.15, -0.1) is 0 Å². The van der Waals surface area contributed by atoms with Crippen molar-refractivity contribution in [3.05, 3.63) is 0 Å². The van der Waals surface area contributed by atoms with Crippen LogP contribution in [0.4, 0.5) is 0 Å². The van der Waals surface area contributed by atoms with E-state index in [-0.39, 0.29) is 18.1 Å². The highest BCUT2D eigenvalue weighted by Crippen LogP contribution is 2.19. The van der Waals surface area contributed by atoms with Gasteiger partial charge in [0.1, 0.15) is 0 Å². The summed E-state index contributed by atoms with van der Waals surface area (Å²) in [6.45, 7) is 7.62. The number of hydrogen-bond donors (Lipinski definition) is 2. The number of amides is 1. The Hall–Kier alpha value is -0.610. The van der Waals surface area contributed by atoms with Gasteiger partial charge in [-0.2, -0.15) is 0 Å². The van der Waals surface area contributed by atoms with Crippen molar-refractivity contribution in [2.45, 2.75) is 58.0 Å². The Morgan fingerprint density at radius 2 is 2.12 bits per heavy atom. The van der Waals surface area contributed by atoms with Gasteiger partial charge < -0.3 is 10.4 Å². The summed E-state index contributed by atoms with van der Waals surface area (Å²) in [5.41, 5.74) is -0.167. The standard InChI is InChI=1S/C13H26N2O2/c1-13(2,3)14-12(17)10-15-8-5-4-6-11(15)7-9-16/h11,16H,4-10H2,1-3H3,(H,14,17). The minimum absolute atomic E-state index is 0.0855. The topological polar surface area (TPSA) is 52.6 Å². The number of nitrogens with one attached hydrogen (secondary N) is 1. The van der Waals surface area contributed by atoms with E-state index in [1.54, 1.807) is 0 Å². The molecule has 1 aliphatic heterocycles. The lowest BCUT2D eigenvalue weighted by Crippen LogP contribution is -2.49. The van der Waals surface area contributed by atoms with Gasteiger partial charge in [0.2, 0.25) is 5.91 Å². The fourth-order valence-electron chi connectivity index (χ4n) is 2.39. The normalized spacial score (nSPS) is 22.5. The third-order valence-corrected chi connectivity index (χ3v) is 3.07. The SMILES string of the molecule is CC(C)(C)NC(=O)CN1CCCCC1CCO. The molecule has 0 bridgehead atoms. The van der Waals surface area contributed by atoms with Crippen LogP contribution in [-0.4, -0.2) is 47.2 Å². The molecule has 0 aromatic carbocycles. The lowest BCUT2D eigenvalue weighted by molar-refractivity contribution is -0.124. The number of carbonyl (C=O) groups is 1. The Labute approximate surface area is 104 Å². The molecule has 0 saturated carbocycles. The summed E-state index contributed by atoms with van der Waals surface area (Å²) in [7, 11) is 0. The van der Waals surface area contributed by atoms with Crippen LogP contribution in [-0.2, 0) is 4.79 Å². The van der Waals surface area contributed by atoms with E-state index in [4.69, 9.17) is 5.11 Å². The number of aliphatic hydroxyl groups is 1. The predicted molar refractivity (Wildman–Crippen MR) is 68.8 cm³/mol. The van der Waals surface area contributed by atoms with Crippen LogP contribution >= 0.6 is 0 Å². The molecule has 1 rings (SSSR count). The van der Waals surface area contributed by atoms with E-state index in [2.05, 4.69) is 10.2 Å². The molecule has 17 heavy (non-hydrogen) atoms. The summed E-state index contributed by atoms with van der Waals surface area (Å²) < 4.78 is 0. The average Bonchev–Trinajstić information content (AvgIpc) is 2.18. The Bertz CT molecular complexity index is 246. The fourth-order valence-corrected chi connectivity index (χ4v) is 2.39. The van der Waals surface area contributed by atoms with Crippen molar-refractivity contribution in [1.29, 1.82) is 0 Å². The third-order valence-electron chi connectivity index (χ3n) is 3.07. The number of rotatable bonds is 4. The summed E-state index contributed by atoms with van der Waals surface area (Å²) in [5.74, 6) is 0.0855. The van der Waals surface area contributed by atoms with Gasteiger partial charge in [-0.25, -0.2) is 0 Å². The zero-order valence-electron chi connectivity index (χ0n) is 11.3. The molecule has 1 unspecified atom stereocenters. The molecular weight excluding hydrogens is 216 g/mol. The van der Waals surface area contributed by atoms with Crippen LogP contribution in [0, 0.1) is 0 Å². The number of carbonyl (C=O) groups excluding carboxylic acids is 1. The smallest absolute Gasteiger partial charge is 0.234 e. The van der Waals surface area contributed by atoms with Gasteiger partial charge in [-0.05, 0) is 46.6 Å². The number of nitrogens with zero attached hydrogens (tertiary/aromatic N) is 1.